The number of aromatic nitrogens is 3. The Morgan fingerprint density at radius 1 is 0.704 bits per heavy atom. The number of hydrogen-bond donors (Lipinski definition) is 0. The third kappa shape index (κ3) is 6.98. The third-order valence-electron chi connectivity index (χ3n) is 10.0. The number of pyridine rings is 1. The number of fused-ring (bicyclic) bond motifs is 5. The Balaban J connectivity index is 0.000000178. The van der Waals surface area contributed by atoms with Crippen molar-refractivity contribution in [2.24, 2.45) is 0 Å². The summed E-state index contributed by atoms with van der Waals surface area (Å²) in [5.41, 5.74) is 10.5. The van der Waals surface area contributed by atoms with E-state index in [1.807, 2.05) is 36.4 Å². The summed E-state index contributed by atoms with van der Waals surface area (Å²) in [6.07, 6.45) is 2.08. The summed E-state index contributed by atoms with van der Waals surface area (Å²) in [5.74, 6) is 0.833. The van der Waals surface area contributed by atoms with Gasteiger partial charge in [-0.2, -0.15) is 0 Å². The summed E-state index contributed by atoms with van der Waals surface area (Å²) in [6.45, 7) is 16.0. The number of hydrogen-bond acceptors (Lipinski definition) is 3. The molecule has 0 atom stereocenters. The average Bonchev–Trinajstić information content (AvgIpc) is 3.73. The number of imidazole rings is 1. The molecule has 0 fully saturated rings. The fourth-order valence-electron chi connectivity index (χ4n) is 7.27. The molecule has 0 spiro atoms. The minimum atomic E-state index is -1.33. The van der Waals surface area contributed by atoms with Crippen molar-refractivity contribution in [2.75, 3.05) is 0 Å². The Morgan fingerprint density at radius 2 is 1.37 bits per heavy atom. The van der Waals surface area contributed by atoms with E-state index in [1.54, 1.807) is 0 Å². The Hall–Kier alpha value is -5.13. The second kappa shape index (κ2) is 14.6. The normalized spacial score (nSPS) is 11.8. The molecule has 6 heteroatoms. The van der Waals surface area contributed by atoms with Crippen LogP contribution in [0.3, 0.4) is 0 Å². The minimum absolute atomic E-state index is 0. The number of rotatable bonds is 4. The van der Waals surface area contributed by atoms with E-state index in [9.17, 15) is 0 Å². The Labute approximate surface area is 332 Å². The van der Waals surface area contributed by atoms with Crippen molar-refractivity contribution in [3.05, 3.63) is 157 Å². The van der Waals surface area contributed by atoms with Crippen LogP contribution in [-0.2, 0) is 25.5 Å². The van der Waals surface area contributed by atoms with Crippen LogP contribution in [0.4, 0.5) is 0 Å². The number of benzene rings is 6. The van der Waals surface area contributed by atoms with E-state index < -0.39 is 8.07 Å². The van der Waals surface area contributed by atoms with Crippen LogP contribution in [0.1, 0.15) is 31.9 Å². The molecule has 1 radical (unpaired) electrons. The molecule has 3 heterocycles. The van der Waals surface area contributed by atoms with Crippen molar-refractivity contribution < 1.29 is 24.5 Å². The molecular formula is C48H43IrN3OSi-2. The molecule has 9 aromatic rings. The van der Waals surface area contributed by atoms with Crippen LogP contribution in [0.15, 0.2) is 138 Å². The summed E-state index contributed by atoms with van der Waals surface area (Å²) in [6, 6.07) is 50.7. The molecule has 6 aromatic carbocycles. The number of nitrogens with zero attached hydrogens (tertiary/aromatic N) is 3. The maximum atomic E-state index is 6.30. The predicted molar refractivity (Wildman–Crippen MR) is 225 cm³/mol. The second-order valence-electron chi connectivity index (χ2n) is 15.8. The fourth-order valence-corrected chi connectivity index (χ4v) is 8.98. The van der Waals surface area contributed by atoms with Crippen LogP contribution < -0.4 is 5.19 Å². The molecule has 0 aliphatic heterocycles. The van der Waals surface area contributed by atoms with E-state index in [4.69, 9.17) is 14.4 Å². The van der Waals surface area contributed by atoms with Gasteiger partial charge in [-0.05, 0) is 59.1 Å². The van der Waals surface area contributed by atoms with Crippen LogP contribution in [-0.4, -0.2) is 22.6 Å². The van der Waals surface area contributed by atoms with Crippen molar-refractivity contribution in [2.45, 2.75) is 52.8 Å². The van der Waals surface area contributed by atoms with Crippen molar-refractivity contribution in [1.82, 2.24) is 14.5 Å². The summed E-state index contributed by atoms with van der Waals surface area (Å²) >= 11 is 0. The predicted octanol–water partition coefficient (Wildman–Crippen LogP) is 12.2. The first-order valence-corrected chi connectivity index (χ1v) is 21.7. The van der Waals surface area contributed by atoms with Crippen LogP contribution >= 0.6 is 0 Å². The average molecular weight is 898 g/mol. The molecule has 0 amide bonds. The van der Waals surface area contributed by atoms with E-state index in [0.717, 1.165) is 61.3 Å². The summed E-state index contributed by atoms with van der Waals surface area (Å²) in [5, 5.41) is 6.07. The summed E-state index contributed by atoms with van der Waals surface area (Å²) in [7, 11) is -1.33. The summed E-state index contributed by atoms with van der Waals surface area (Å²) < 4.78 is 8.51. The van der Waals surface area contributed by atoms with Crippen molar-refractivity contribution in [3.8, 4) is 28.3 Å². The van der Waals surface area contributed by atoms with Gasteiger partial charge in [0.1, 0.15) is 5.58 Å². The molecule has 0 unspecified atom stereocenters. The minimum Gasteiger partial charge on any atom is -0.501 e. The van der Waals surface area contributed by atoms with Crippen LogP contribution in [0.25, 0.3) is 72.1 Å². The van der Waals surface area contributed by atoms with Gasteiger partial charge >= 0.3 is 0 Å². The molecule has 9 rings (SSSR count). The van der Waals surface area contributed by atoms with E-state index in [-0.39, 0.29) is 25.5 Å². The molecule has 4 nitrogen and oxygen atoms in total. The van der Waals surface area contributed by atoms with Gasteiger partial charge in [0.05, 0.1) is 30.5 Å². The second-order valence-corrected chi connectivity index (χ2v) is 20.9. The third-order valence-corrected chi connectivity index (χ3v) is 12.1. The molecule has 271 valence electrons. The van der Waals surface area contributed by atoms with Gasteiger partial charge in [-0.1, -0.05) is 135 Å². The number of furan rings is 1. The fraction of sp³-hybridized carbons (Fsp3) is 0.167. The van der Waals surface area contributed by atoms with E-state index in [0.29, 0.717) is 0 Å². The SMILES string of the molecule is CC(C)(C)c1ccc(-n2c(-c3[c-]ccc4c3oc3ccccc34)nc3ccccc32)cc1.Cc1cc(-c2[c-]ccc3ccccc23)ncc1[Si](C)(C)C.[Ir]. The summed E-state index contributed by atoms with van der Waals surface area (Å²) in [4.78, 5) is 9.75. The monoisotopic (exact) mass is 898 g/mol. The van der Waals surface area contributed by atoms with Crippen LogP contribution in [0.5, 0.6) is 0 Å². The molecule has 0 bridgehead atoms. The van der Waals surface area contributed by atoms with Gasteiger partial charge in [-0.15, -0.1) is 47.3 Å². The molecule has 0 saturated heterocycles. The smallest absolute Gasteiger partial charge is 0.120 e. The largest absolute Gasteiger partial charge is 0.501 e. The standard InChI is InChI=1S/C29H23N2O.C19H20NSi.Ir/c1-29(2,3)19-15-17-20(18-16-19)31-25-13-6-5-12-24(25)30-28(31)23-11-8-10-22-21-9-4-7-14-26(21)32-27(22)23;1-14-12-18(20-13-19(14)21(2,3)4)17-11-7-9-15-8-5-6-10-16(15)17;/h4-10,12-18H,1-3H3;5-10,12-13H,1-4H3;/q2*-1;. The van der Waals surface area contributed by atoms with Gasteiger partial charge in [-0.25, -0.2) is 0 Å². The van der Waals surface area contributed by atoms with E-state index in [2.05, 4.69) is 161 Å². The Bertz CT molecular complexity index is 2760. The van der Waals surface area contributed by atoms with Crippen LogP contribution in [0, 0.1) is 19.1 Å². The first-order valence-electron chi connectivity index (χ1n) is 18.2. The zero-order valence-electron chi connectivity index (χ0n) is 31.8. The Morgan fingerprint density at radius 3 is 2.11 bits per heavy atom. The maximum Gasteiger partial charge on any atom is 0.120 e. The van der Waals surface area contributed by atoms with E-state index >= 15 is 0 Å². The molecule has 54 heavy (non-hydrogen) atoms. The van der Waals surface area contributed by atoms with Crippen molar-refractivity contribution in [1.29, 1.82) is 0 Å². The van der Waals surface area contributed by atoms with Gasteiger partial charge < -0.3 is 14.0 Å². The molecule has 0 aliphatic rings. The van der Waals surface area contributed by atoms with Gasteiger partial charge in [0.15, 0.2) is 0 Å². The number of para-hydroxylation sites is 3. The molecular weight excluding hydrogens is 855 g/mol. The zero-order chi connectivity index (χ0) is 36.9. The maximum absolute atomic E-state index is 6.30. The van der Waals surface area contributed by atoms with E-state index in [1.165, 1.54) is 27.1 Å². The molecule has 0 N–H and O–H groups in total. The topological polar surface area (TPSA) is 43.9 Å². The van der Waals surface area contributed by atoms with Crippen molar-refractivity contribution in [3.63, 3.8) is 0 Å². The van der Waals surface area contributed by atoms with Crippen LogP contribution in [0.2, 0.25) is 19.6 Å². The molecule has 0 aliphatic carbocycles. The number of aryl methyl sites for hydroxylation is 1. The van der Waals surface area contributed by atoms with Gasteiger partial charge in [0, 0.05) is 37.4 Å². The van der Waals surface area contributed by atoms with Gasteiger partial charge in [0.25, 0.3) is 0 Å². The van der Waals surface area contributed by atoms with Gasteiger partial charge in [-0.3, -0.25) is 4.98 Å². The van der Waals surface area contributed by atoms with Gasteiger partial charge in [0.2, 0.25) is 0 Å². The first kappa shape index (κ1) is 37.2. The molecule has 3 aromatic heterocycles. The Kier molecular flexibility index (Phi) is 10.1. The quantitative estimate of drug-likeness (QED) is 0.131. The van der Waals surface area contributed by atoms with Crippen molar-refractivity contribution >= 4 is 57.0 Å². The zero-order valence-corrected chi connectivity index (χ0v) is 35.2. The first-order chi connectivity index (χ1) is 25.5. The molecule has 0 saturated carbocycles.